The van der Waals surface area contributed by atoms with Crippen LogP contribution in [0.3, 0.4) is 0 Å². The van der Waals surface area contributed by atoms with Gasteiger partial charge >= 0.3 is 6.09 Å². The number of carbonyl (C=O) groups excluding carboxylic acids is 2. The number of aromatic nitrogens is 1. The number of thioether (sulfide) groups is 1. The monoisotopic (exact) mass is 359 g/mol. The molecular weight excluding hydrogens is 342 g/mol. The fraction of sp³-hybridized carbons (Fsp3) is 0.353. The number of aryl methyl sites for hydroxylation is 1. The second kappa shape index (κ2) is 6.44. The number of nitrogens with zero attached hydrogens (tertiary/aromatic N) is 2. The van der Waals surface area contributed by atoms with Crippen LogP contribution < -0.4 is 10.2 Å². The Morgan fingerprint density at radius 2 is 2.36 bits per heavy atom. The summed E-state index contributed by atoms with van der Waals surface area (Å²) in [5.41, 5.74) is 2.89. The van der Waals surface area contributed by atoms with Gasteiger partial charge in [-0.15, -0.1) is 11.8 Å². The van der Waals surface area contributed by atoms with Crippen LogP contribution in [0.15, 0.2) is 33.8 Å². The lowest BCUT2D eigenvalue weighted by molar-refractivity contribution is -0.119. The average molecular weight is 359 g/mol. The molecule has 4 rings (SSSR count). The highest BCUT2D eigenvalue weighted by atomic mass is 32.2. The molecule has 1 fully saturated rings. The molecule has 2 amide bonds. The summed E-state index contributed by atoms with van der Waals surface area (Å²) < 4.78 is 10.7. The normalized spacial score (nSPS) is 19.0. The summed E-state index contributed by atoms with van der Waals surface area (Å²) in [5.74, 6) is 1.60. The number of nitrogens with one attached hydrogen (secondary N) is 1. The average Bonchev–Trinajstić information content (AvgIpc) is 3.15. The fourth-order valence-corrected chi connectivity index (χ4v) is 4.08. The zero-order valence-corrected chi connectivity index (χ0v) is 14.5. The smallest absolute Gasteiger partial charge is 0.414 e. The Balaban J connectivity index is 1.58. The molecule has 2 aliphatic heterocycles. The SMILES string of the molecule is CC(=O)NCC1CN(c2ccc3c(c2)SCCc2cnoc2-3)C(=O)O1. The van der Waals surface area contributed by atoms with Crippen molar-refractivity contribution >= 4 is 29.4 Å². The molecule has 130 valence electrons. The van der Waals surface area contributed by atoms with Gasteiger partial charge in [-0.05, 0) is 24.6 Å². The number of hydrogen-bond acceptors (Lipinski definition) is 6. The molecule has 2 aromatic rings. The maximum absolute atomic E-state index is 12.2. The molecule has 0 aliphatic carbocycles. The van der Waals surface area contributed by atoms with E-state index in [4.69, 9.17) is 9.26 Å². The molecule has 1 atom stereocenters. The van der Waals surface area contributed by atoms with Gasteiger partial charge in [0, 0.05) is 34.4 Å². The van der Waals surface area contributed by atoms with Gasteiger partial charge in [0.2, 0.25) is 5.91 Å². The molecule has 0 bridgehead atoms. The van der Waals surface area contributed by atoms with Crippen molar-refractivity contribution in [1.29, 1.82) is 0 Å². The Morgan fingerprint density at radius 1 is 1.48 bits per heavy atom. The van der Waals surface area contributed by atoms with Crippen LogP contribution in [0.25, 0.3) is 11.3 Å². The lowest BCUT2D eigenvalue weighted by Gasteiger charge is -2.15. The van der Waals surface area contributed by atoms with Gasteiger partial charge in [0.25, 0.3) is 0 Å². The Morgan fingerprint density at radius 3 is 3.20 bits per heavy atom. The molecule has 0 saturated carbocycles. The Bertz CT molecular complexity index is 835. The summed E-state index contributed by atoms with van der Waals surface area (Å²) >= 11 is 1.74. The minimum atomic E-state index is -0.394. The zero-order chi connectivity index (χ0) is 17.4. The van der Waals surface area contributed by atoms with E-state index in [-0.39, 0.29) is 12.0 Å². The molecule has 8 heteroatoms. The summed E-state index contributed by atoms with van der Waals surface area (Å²) in [6.45, 7) is 2.17. The fourth-order valence-electron chi connectivity index (χ4n) is 3.01. The van der Waals surface area contributed by atoms with Crippen molar-refractivity contribution in [2.75, 3.05) is 23.7 Å². The van der Waals surface area contributed by atoms with E-state index in [1.54, 1.807) is 22.9 Å². The van der Waals surface area contributed by atoms with Crippen molar-refractivity contribution in [1.82, 2.24) is 10.5 Å². The van der Waals surface area contributed by atoms with Gasteiger partial charge in [0.05, 0.1) is 19.3 Å². The van der Waals surface area contributed by atoms with Gasteiger partial charge in [-0.25, -0.2) is 4.79 Å². The number of hydrogen-bond donors (Lipinski definition) is 1. The summed E-state index contributed by atoms with van der Waals surface area (Å²) in [7, 11) is 0. The first-order valence-corrected chi connectivity index (χ1v) is 9.04. The first-order valence-electron chi connectivity index (χ1n) is 8.05. The molecule has 1 aromatic carbocycles. The maximum atomic E-state index is 12.2. The van der Waals surface area contributed by atoms with E-state index >= 15 is 0 Å². The highest BCUT2D eigenvalue weighted by molar-refractivity contribution is 7.99. The maximum Gasteiger partial charge on any atom is 0.414 e. The molecular formula is C17H17N3O4S. The Hall–Kier alpha value is -2.48. The lowest BCUT2D eigenvalue weighted by atomic mass is 10.1. The molecule has 2 aliphatic rings. The number of carbonyl (C=O) groups is 2. The number of fused-ring (bicyclic) bond motifs is 3. The summed E-state index contributed by atoms with van der Waals surface area (Å²) in [4.78, 5) is 25.9. The third-order valence-corrected chi connectivity index (χ3v) is 5.30. The van der Waals surface area contributed by atoms with E-state index < -0.39 is 6.09 Å². The highest BCUT2D eigenvalue weighted by Gasteiger charge is 2.33. The predicted molar refractivity (Wildman–Crippen MR) is 92.7 cm³/mol. The third kappa shape index (κ3) is 3.09. The minimum absolute atomic E-state index is 0.140. The van der Waals surface area contributed by atoms with Gasteiger partial charge in [0.1, 0.15) is 6.10 Å². The van der Waals surface area contributed by atoms with Crippen LogP contribution >= 0.6 is 11.8 Å². The number of amides is 2. The molecule has 1 aromatic heterocycles. The summed E-state index contributed by atoms with van der Waals surface area (Å²) in [6.07, 6.45) is 1.93. The Labute approximate surface area is 148 Å². The van der Waals surface area contributed by atoms with Crippen LogP contribution in [0.4, 0.5) is 10.5 Å². The van der Waals surface area contributed by atoms with Crippen LogP contribution in [-0.2, 0) is 16.0 Å². The molecule has 3 heterocycles. The number of benzene rings is 1. The van der Waals surface area contributed by atoms with Crippen molar-refractivity contribution in [3.8, 4) is 11.3 Å². The van der Waals surface area contributed by atoms with Gasteiger partial charge < -0.3 is 14.6 Å². The molecule has 25 heavy (non-hydrogen) atoms. The highest BCUT2D eigenvalue weighted by Crippen LogP contribution is 2.40. The second-order valence-electron chi connectivity index (χ2n) is 6.01. The van der Waals surface area contributed by atoms with Crippen LogP contribution in [0.2, 0.25) is 0 Å². The first kappa shape index (κ1) is 16.0. The van der Waals surface area contributed by atoms with E-state index in [1.165, 1.54) is 6.92 Å². The topological polar surface area (TPSA) is 84.7 Å². The van der Waals surface area contributed by atoms with Crippen LogP contribution in [-0.4, -0.2) is 42.1 Å². The molecule has 1 unspecified atom stereocenters. The van der Waals surface area contributed by atoms with Gasteiger partial charge in [0.15, 0.2) is 5.76 Å². The quantitative estimate of drug-likeness (QED) is 0.906. The largest absolute Gasteiger partial charge is 0.442 e. The summed E-state index contributed by atoms with van der Waals surface area (Å²) in [5, 5.41) is 6.58. The van der Waals surface area contributed by atoms with Crippen molar-refractivity contribution in [3.63, 3.8) is 0 Å². The number of anilines is 1. The van der Waals surface area contributed by atoms with E-state index in [2.05, 4.69) is 10.5 Å². The predicted octanol–water partition coefficient (Wildman–Crippen LogP) is 2.45. The van der Waals surface area contributed by atoms with Crippen molar-refractivity contribution in [2.45, 2.75) is 24.3 Å². The Kier molecular flexibility index (Phi) is 4.12. The standard InChI is InChI=1S/C17H17N3O4S/c1-10(21)18-8-13-9-20(17(22)23-13)12-2-3-14-15(6-12)25-5-4-11-7-19-24-16(11)14/h2-3,6-7,13H,4-5,8-9H2,1H3,(H,18,21). The second-order valence-corrected chi connectivity index (χ2v) is 7.15. The van der Waals surface area contributed by atoms with E-state index in [9.17, 15) is 9.59 Å². The van der Waals surface area contributed by atoms with E-state index in [1.807, 2.05) is 18.2 Å². The van der Waals surface area contributed by atoms with Crippen molar-refractivity contribution in [2.24, 2.45) is 0 Å². The third-order valence-electron chi connectivity index (χ3n) is 4.25. The lowest BCUT2D eigenvalue weighted by Crippen LogP contribution is -2.33. The number of rotatable bonds is 3. The number of cyclic esters (lactones) is 1. The minimum Gasteiger partial charge on any atom is -0.442 e. The van der Waals surface area contributed by atoms with Gasteiger partial charge in [-0.2, -0.15) is 0 Å². The number of ether oxygens (including phenoxy) is 1. The van der Waals surface area contributed by atoms with E-state index in [0.717, 1.165) is 39.6 Å². The molecule has 1 saturated heterocycles. The molecule has 1 N–H and O–H groups in total. The van der Waals surface area contributed by atoms with Gasteiger partial charge in [-0.3, -0.25) is 9.69 Å². The summed E-state index contributed by atoms with van der Waals surface area (Å²) in [6, 6.07) is 5.83. The molecule has 0 radical (unpaired) electrons. The van der Waals surface area contributed by atoms with Crippen molar-refractivity contribution in [3.05, 3.63) is 30.0 Å². The van der Waals surface area contributed by atoms with Crippen LogP contribution in [0.1, 0.15) is 12.5 Å². The zero-order valence-electron chi connectivity index (χ0n) is 13.7. The molecule has 0 spiro atoms. The molecule has 7 nitrogen and oxygen atoms in total. The van der Waals surface area contributed by atoms with Gasteiger partial charge in [-0.1, -0.05) is 5.16 Å². The van der Waals surface area contributed by atoms with Crippen molar-refractivity contribution < 1.29 is 18.8 Å². The first-order chi connectivity index (χ1) is 12.1. The van der Waals surface area contributed by atoms with E-state index in [0.29, 0.717) is 13.1 Å². The van der Waals surface area contributed by atoms with Crippen LogP contribution in [0, 0.1) is 0 Å². The van der Waals surface area contributed by atoms with Crippen LogP contribution in [0.5, 0.6) is 0 Å².